The summed E-state index contributed by atoms with van der Waals surface area (Å²) in [6.45, 7) is 0. The molecule has 0 amide bonds. The van der Waals surface area contributed by atoms with E-state index in [1.807, 2.05) is 0 Å². The summed E-state index contributed by atoms with van der Waals surface area (Å²) in [6, 6.07) is 2.80. The van der Waals surface area contributed by atoms with Gasteiger partial charge in [-0.25, -0.2) is 9.19 Å². The standard InChI is InChI=1S/C14H7Br2ClF7NOS/c15-8-3-9(27(26)14(23,24)12(18,19)13(20,21)22)5-11(16,4-8)7-1-2-10(17)25-6-7/h1-3,5-6H,4H2. The molecule has 27 heavy (non-hydrogen) atoms. The van der Waals surface area contributed by atoms with Gasteiger partial charge in [-0.2, -0.15) is 30.7 Å². The Morgan fingerprint density at radius 3 is 2.22 bits per heavy atom. The predicted octanol–water partition coefficient (Wildman–Crippen LogP) is 6.43. The van der Waals surface area contributed by atoms with Crippen molar-refractivity contribution in [2.24, 2.45) is 0 Å². The number of pyridine rings is 1. The van der Waals surface area contributed by atoms with Gasteiger partial charge in [0.25, 0.3) is 0 Å². The van der Waals surface area contributed by atoms with Crippen molar-refractivity contribution in [2.75, 3.05) is 0 Å². The Morgan fingerprint density at radius 2 is 1.74 bits per heavy atom. The second-order valence-electron chi connectivity index (χ2n) is 5.40. The van der Waals surface area contributed by atoms with Crippen LogP contribution in [-0.4, -0.2) is 26.5 Å². The third-order valence-corrected chi connectivity index (χ3v) is 6.56. The molecule has 2 atom stereocenters. The third kappa shape index (κ3) is 4.27. The highest BCUT2D eigenvalue weighted by Gasteiger charge is 2.76. The number of halogens is 10. The van der Waals surface area contributed by atoms with Crippen molar-refractivity contribution in [2.45, 2.75) is 28.1 Å². The molecule has 0 aliphatic heterocycles. The molecule has 1 aliphatic rings. The van der Waals surface area contributed by atoms with Crippen LogP contribution in [0, 0.1) is 0 Å². The van der Waals surface area contributed by atoms with Crippen molar-refractivity contribution in [3.8, 4) is 0 Å². The SMILES string of the molecule is O=S(C1=CC(Br)(c2ccc(Cl)nc2)CC(Br)=C1)C(F)(F)C(F)(F)C(F)(F)F. The van der Waals surface area contributed by atoms with Gasteiger partial charge in [-0.05, 0) is 28.3 Å². The lowest BCUT2D eigenvalue weighted by Gasteiger charge is -2.31. The molecule has 0 aromatic carbocycles. The Bertz CT molecular complexity index is 826. The van der Waals surface area contributed by atoms with Crippen LogP contribution in [0.4, 0.5) is 30.7 Å². The molecular formula is C14H7Br2ClF7NOS. The Hall–Kier alpha value is -0.460. The van der Waals surface area contributed by atoms with Crippen LogP contribution >= 0.6 is 43.5 Å². The maximum atomic E-state index is 13.8. The third-order valence-electron chi connectivity index (χ3n) is 3.47. The second kappa shape index (κ2) is 7.42. The smallest absolute Gasteiger partial charge is 0.248 e. The van der Waals surface area contributed by atoms with Crippen molar-refractivity contribution in [3.63, 3.8) is 0 Å². The zero-order chi connectivity index (χ0) is 20.8. The average molecular weight is 566 g/mol. The first-order chi connectivity index (χ1) is 12.1. The lowest BCUT2D eigenvalue weighted by Crippen LogP contribution is -2.54. The first-order valence-corrected chi connectivity index (χ1v) is 9.87. The Morgan fingerprint density at radius 1 is 1.15 bits per heavy atom. The summed E-state index contributed by atoms with van der Waals surface area (Å²) in [5, 5.41) is -5.77. The van der Waals surface area contributed by atoms with Crippen molar-refractivity contribution >= 4 is 54.3 Å². The van der Waals surface area contributed by atoms with Crippen LogP contribution in [0.3, 0.4) is 0 Å². The van der Waals surface area contributed by atoms with E-state index in [0.29, 0.717) is 5.56 Å². The fourth-order valence-electron chi connectivity index (χ4n) is 2.11. The lowest BCUT2D eigenvalue weighted by atomic mass is 9.93. The number of aromatic nitrogens is 1. The zero-order valence-electron chi connectivity index (χ0n) is 12.6. The Labute approximate surface area is 172 Å². The summed E-state index contributed by atoms with van der Waals surface area (Å²) in [6.07, 6.45) is -3.55. The van der Waals surface area contributed by atoms with Crippen LogP contribution < -0.4 is 0 Å². The highest BCUT2D eigenvalue weighted by molar-refractivity contribution is 9.12. The molecule has 1 aromatic rings. The number of hydrogen-bond acceptors (Lipinski definition) is 2. The van der Waals surface area contributed by atoms with E-state index in [-0.39, 0.29) is 16.1 Å². The van der Waals surface area contributed by atoms with Crippen LogP contribution in [0.25, 0.3) is 0 Å². The summed E-state index contributed by atoms with van der Waals surface area (Å²) in [5.41, 5.74) is 0.331. The van der Waals surface area contributed by atoms with Crippen LogP contribution in [0.1, 0.15) is 12.0 Å². The number of hydrogen-bond donors (Lipinski definition) is 0. The van der Waals surface area contributed by atoms with E-state index in [1.165, 1.54) is 18.3 Å². The quantitative estimate of drug-likeness (QED) is 0.239. The minimum absolute atomic E-state index is 0.0677. The van der Waals surface area contributed by atoms with Gasteiger partial charge in [0.05, 0.1) is 4.32 Å². The molecular weight excluding hydrogens is 558 g/mol. The summed E-state index contributed by atoms with van der Waals surface area (Å²) < 4.78 is 102. The van der Waals surface area contributed by atoms with Gasteiger partial charge < -0.3 is 0 Å². The molecule has 0 bridgehead atoms. The fourth-order valence-corrected chi connectivity index (χ4v) is 5.58. The molecule has 2 rings (SSSR count). The van der Waals surface area contributed by atoms with Gasteiger partial charge in [0, 0.05) is 17.5 Å². The monoisotopic (exact) mass is 563 g/mol. The summed E-state index contributed by atoms with van der Waals surface area (Å²) >= 11 is 11.9. The molecule has 0 spiro atoms. The average Bonchev–Trinajstić information content (AvgIpc) is 2.52. The molecule has 1 aliphatic carbocycles. The highest BCUT2D eigenvalue weighted by Crippen LogP contribution is 2.51. The van der Waals surface area contributed by atoms with Crippen molar-refractivity contribution in [1.29, 1.82) is 0 Å². The second-order valence-corrected chi connectivity index (χ2v) is 9.75. The zero-order valence-corrected chi connectivity index (χ0v) is 17.4. The van der Waals surface area contributed by atoms with Gasteiger partial charge in [-0.1, -0.05) is 49.5 Å². The molecule has 2 nitrogen and oxygen atoms in total. The molecule has 1 aromatic heterocycles. The molecule has 1 heterocycles. The molecule has 2 unspecified atom stereocenters. The van der Waals surface area contributed by atoms with Crippen LogP contribution in [0.15, 0.2) is 39.9 Å². The maximum Gasteiger partial charge on any atom is 0.461 e. The van der Waals surface area contributed by atoms with Gasteiger partial charge in [0.15, 0.2) is 0 Å². The van der Waals surface area contributed by atoms with Gasteiger partial charge in [0.2, 0.25) is 0 Å². The number of allylic oxidation sites excluding steroid dienone is 3. The Kier molecular flexibility index (Phi) is 6.27. The normalized spacial score (nSPS) is 22.9. The van der Waals surface area contributed by atoms with Crippen LogP contribution in [-0.2, 0) is 15.1 Å². The summed E-state index contributed by atoms with van der Waals surface area (Å²) in [4.78, 5) is 2.88. The van der Waals surface area contributed by atoms with Gasteiger partial charge in [-0.3, -0.25) is 0 Å². The molecule has 0 radical (unpaired) electrons. The van der Waals surface area contributed by atoms with E-state index in [2.05, 4.69) is 36.8 Å². The summed E-state index contributed by atoms with van der Waals surface area (Å²) in [7, 11) is -4.00. The van der Waals surface area contributed by atoms with E-state index < -0.39 is 37.4 Å². The van der Waals surface area contributed by atoms with E-state index >= 15 is 0 Å². The topological polar surface area (TPSA) is 30.0 Å². The largest absolute Gasteiger partial charge is 0.461 e. The number of alkyl halides is 8. The molecule has 150 valence electrons. The highest BCUT2D eigenvalue weighted by atomic mass is 79.9. The Balaban J connectivity index is 2.51. The first-order valence-electron chi connectivity index (χ1n) is 6.76. The molecule has 0 saturated heterocycles. The van der Waals surface area contributed by atoms with Crippen molar-refractivity contribution in [1.82, 2.24) is 4.98 Å². The molecule has 13 heteroatoms. The van der Waals surface area contributed by atoms with Crippen LogP contribution in [0.2, 0.25) is 5.15 Å². The van der Waals surface area contributed by atoms with Crippen molar-refractivity contribution in [3.05, 3.63) is 50.6 Å². The minimum Gasteiger partial charge on any atom is -0.248 e. The van der Waals surface area contributed by atoms with Gasteiger partial charge in [-0.15, -0.1) is 0 Å². The maximum absolute atomic E-state index is 13.8. The number of rotatable bonds is 4. The molecule has 0 saturated carbocycles. The van der Waals surface area contributed by atoms with E-state index in [0.717, 1.165) is 12.2 Å². The predicted molar refractivity (Wildman–Crippen MR) is 93.7 cm³/mol. The summed E-state index contributed by atoms with van der Waals surface area (Å²) in [5.74, 6) is -6.49. The molecule has 0 fully saturated rings. The van der Waals surface area contributed by atoms with E-state index in [4.69, 9.17) is 11.6 Å². The number of nitrogens with zero attached hydrogens (tertiary/aromatic N) is 1. The van der Waals surface area contributed by atoms with Gasteiger partial charge >= 0.3 is 17.4 Å². The van der Waals surface area contributed by atoms with E-state index in [1.54, 1.807) is 0 Å². The lowest BCUT2D eigenvalue weighted by molar-refractivity contribution is -0.331. The molecule has 0 N–H and O–H groups in total. The van der Waals surface area contributed by atoms with Gasteiger partial charge in [0.1, 0.15) is 16.0 Å². The van der Waals surface area contributed by atoms with Crippen molar-refractivity contribution < 1.29 is 34.9 Å². The fraction of sp³-hybridized carbons (Fsp3) is 0.357. The van der Waals surface area contributed by atoms with Crippen LogP contribution in [0.5, 0.6) is 0 Å². The minimum atomic E-state index is -6.58. The van der Waals surface area contributed by atoms with E-state index in [9.17, 15) is 34.9 Å². The first kappa shape index (κ1) is 22.8.